The van der Waals surface area contributed by atoms with Crippen LogP contribution in [-0.2, 0) is 13.6 Å². The Labute approximate surface area is 83.3 Å². The monoisotopic (exact) mass is 195 g/mol. The Kier molecular flexibility index (Phi) is 2.13. The minimum Gasteiger partial charge on any atom is -0.393 e. The second-order valence-electron chi connectivity index (χ2n) is 4.03. The maximum Gasteiger partial charge on any atom is 0.289 e. The van der Waals surface area contributed by atoms with Crippen LogP contribution in [0.4, 0.5) is 5.69 Å². The van der Waals surface area contributed by atoms with Gasteiger partial charge in [-0.05, 0) is 19.3 Å². The topological polar surface area (TPSA) is 52.9 Å². The number of anilines is 1. The Hall–Kier alpha value is -1.19. The van der Waals surface area contributed by atoms with Gasteiger partial charge in [0.05, 0.1) is 5.69 Å². The maximum atomic E-state index is 11.6. The van der Waals surface area contributed by atoms with Gasteiger partial charge in [-0.15, -0.1) is 0 Å². The molecule has 0 bridgehead atoms. The van der Waals surface area contributed by atoms with Crippen molar-refractivity contribution in [2.45, 2.75) is 38.6 Å². The lowest BCUT2D eigenvalue weighted by Gasteiger charge is -2.09. The SMILES string of the molecule is CCCn1c(C2CC2)c(N)c(=O)n1C. The molecule has 1 aromatic heterocycles. The number of hydrogen-bond acceptors (Lipinski definition) is 2. The summed E-state index contributed by atoms with van der Waals surface area (Å²) in [5.41, 5.74) is 7.31. The van der Waals surface area contributed by atoms with Gasteiger partial charge in [-0.2, -0.15) is 0 Å². The van der Waals surface area contributed by atoms with Crippen LogP contribution < -0.4 is 11.3 Å². The first-order valence-corrected chi connectivity index (χ1v) is 5.22. The van der Waals surface area contributed by atoms with E-state index in [1.807, 2.05) is 4.68 Å². The largest absolute Gasteiger partial charge is 0.393 e. The first kappa shape index (κ1) is 9.37. The van der Waals surface area contributed by atoms with Gasteiger partial charge in [0.25, 0.3) is 5.56 Å². The molecule has 1 heterocycles. The molecule has 0 aliphatic heterocycles. The standard InChI is InChI=1S/C10H17N3O/c1-3-6-13-9(7-4-5-7)8(11)10(14)12(13)2/h7H,3-6,11H2,1-2H3. The van der Waals surface area contributed by atoms with Crippen molar-refractivity contribution in [3.63, 3.8) is 0 Å². The number of nitrogens with zero attached hydrogens (tertiary/aromatic N) is 2. The molecular formula is C10H17N3O. The second-order valence-corrected chi connectivity index (χ2v) is 4.03. The lowest BCUT2D eigenvalue weighted by molar-refractivity contribution is 0.476. The fourth-order valence-electron chi connectivity index (χ4n) is 1.96. The van der Waals surface area contributed by atoms with Gasteiger partial charge < -0.3 is 5.73 Å². The molecule has 1 fully saturated rings. The second kappa shape index (κ2) is 3.19. The Morgan fingerprint density at radius 3 is 2.64 bits per heavy atom. The van der Waals surface area contributed by atoms with Crippen LogP contribution in [0.1, 0.15) is 37.8 Å². The molecule has 1 saturated carbocycles. The van der Waals surface area contributed by atoms with Crippen molar-refractivity contribution < 1.29 is 0 Å². The van der Waals surface area contributed by atoms with Gasteiger partial charge in [0.1, 0.15) is 5.69 Å². The number of hydrogen-bond donors (Lipinski definition) is 1. The molecule has 0 radical (unpaired) electrons. The third kappa shape index (κ3) is 1.25. The summed E-state index contributed by atoms with van der Waals surface area (Å²) in [4.78, 5) is 11.6. The van der Waals surface area contributed by atoms with Crippen molar-refractivity contribution in [2.24, 2.45) is 7.05 Å². The Bertz CT molecular complexity index is 398. The first-order chi connectivity index (χ1) is 6.66. The lowest BCUT2D eigenvalue weighted by Crippen LogP contribution is -2.20. The molecule has 0 saturated heterocycles. The Balaban J connectivity index is 2.53. The van der Waals surface area contributed by atoms with Crippen LogP contribution in [0.2, 0.25) is 0 Å². The Morgan fingerprint density at radius 2 is 2.14 bits per heavy atom. The summed E-state index contributed by atoms with van der Waals surface area (Å²) in [7, 11) is 1.79. The minimum atomic E-state index is -0.0413. The van der Waals surface area contributed by atoms with Crippen LogP contribution in [0.3, 0.4) is 0 Å². The number of nitrogens with two attached hydrogens (primary N) is 1. The molecule has 1 aliphatic carbocycles. The highest BCUT2D eigenvalue weighted by atomic mass is 16.1. The van der Waals surface area contributed by atoms with Crippen LogP contribution in [0.15, 0.2) is 4.79 Å². The van der Waals surface area contributed by atoms with Crippen molar-refractivity contribution in [1.29, 1.82) is 0 Å². The van der Waals surface area contributed by atoms with E-state index in [1.54, 1.807) is 11.7 Å². The van der Waals surface area contributed by atoms with Gasteiger partial charge in [0.2, 0.25) is 0 Å². The van der Waals surface area contributed by atoms with E-state index in [-0.39, 0.29) is 5.56 Å². The molecule has 1 aromatic rings. The molecule has 0 atom stereocenters. The molecule has 4 nitrogen and oxygen atoms in total. The van der Waals surface area contributed by atoms with Crippen LogP contribution in [0.25, 0.3) is 0 Å². The zero-order valence-corrected chi connectivity index (χ0v) is 8.79. The van der Waals surface area contributed by atoms with Crippen LogP contribution in [-0.4, -0.2) is 9.36 Å². The zero-order valence-electron chi connectivity index (χ0n) is 8.79. The van der Waals surface area contributed by atoms with E-state index >= 15 is 0 Å². The van der Waals surface area contributed by atoms with E-state index in [4.69, 9.17) is 5.73 Å². The van der Waals surface area contributed by atoms with E-state index in [2.05, 4.69) is 6.92 Å². The molecule has 1 aliphatic rings. The van der Waals surface area contributed by atoms with Gasteiger partial charge in [-0.1, -0.05) is 6.92 Å². The van der Waals surface area contributed by atoms with E-state index in [9.17, 15) is 4.79 Å². The van der Waals surface area contributed by atoms with Crippen LogP contribution in [0, 0.1) is 0 Å². The van der Waals surface area contributed by atoms with Crippen molar-refractivity contribution in [2.75, 3.05) is 5.73 Å². The first-order valence-electron chi connectivity index (χ1n) is 5.22. The molecule has 0 spiro atoms. The minimum absolute atomic E-state index is 0.0413. The lowest BCUT2D eigenvalue weighted by atomic mass is 10.2. The summed E-state index contributed by atoms with van der Waals surface area (Å²) in [6.07, 6.45) is 3.38. The maximum absolute atomic E-state index is 11.6. The summed E-state index contributed by atoms with van der Waals surface area (Å²) in [6, 6.07) is 0. The summed E-state index contributed by atoms with van der Waals surface area (Å²) in [5, 5.41) is 0. The van der Waals surface area contributed by atoms with Gasteiger partial charge in [-0.3, -0.25) is 14.2 Å². The predicted octanol–water partition coefficient (Wildman–Crippen LogP) is 1.06. The molecule has 0 amide bonds. The van der Waals surface area contributed by atoms with Crippen molar-refractivity contribution in [3.8, 4) is 0 Å². The van der Waals surface area contributed by atoms with Crippen molar-refractivity contribution >= 4 is 5.69 Å². The molecule has 0 aromatic carbocycles. The van der Waals surface area contributed by atoms with Gasteiger partial charge in [0.15, 0.2) is 0 Å². The summed E-state index contributed by atoms with van der Waals surface area (Å²) < 4.78 is 3.68. The summed E-state index contributed by atoms with van der Waals surface area (Å²) >= 11 is 0. The molecule has 2 rings (SSSR count). The molecule has 78 valence electrons. The molecule has 14 heavy (non-hydrogen) atoms. The zero-order chi connectivity index (χ0) is 10.3. The Morgan fingerprint density at radius 1 is 1.50 bits per heavy atom. The molecule has 4 heteroatoms. The third-order valence-corrected chi connectivity index (χ3v) is 2.84. The van der Waals surface area contributed by atoms with Crippen molar-refractivity contribution in [3.05, 3.63) is 16.0 Å². The fourth-order valence-corrected chi connectivity index (χ4v) is 1.96. The molecular weight excluding hydrogens is 178 g/mol. The van der Waals surface area contributed by atoms with Gasteiger partial charge in [-0.25, -0.2) is 0 Å². The highest BCUT2D eigenvalue weighted by molar-refractivity contribution is 5.45. The molecule has 0 unspecified atom stereocenters. The van der Waals surface area contributed by atoms with Crippen molar-refractivity contribution in [1.82, 2.24) is 9.36 Å². The fraction of sp³-hybridized carbons (Fsp3) is 0.700. The van der Waals surface area contributed by atoms with Gasteiger partial charge in [0, 0.05) is 19.5 Å². The van der Waals surface area contributed by atoms with E-state index in [0.717, 1.165) is 18.7 Å². The number of rotatable bonds is 3. The highest BCUT2D eigenvalue weighted by Gasteiger charge is 2.31. The van der Waals surface area contributed by atoms with Crippen LogP contribution in [0.5, 0.6) is 0 Å². The average molecular weight is 195 g/mol. The average Bonchev–Trinajstić information content (AvgIpc) is 2.95. The normalized spacial score (nSPS) is 16.1. The molecule has 2 N–H and O–H groups in total. The third-order valence-electron chi connectivity index (χ3n) is 2.84. The number of nitrogen functional groups attached to an aromatic ring is 1. The highest BCUT2D eigenvalue weighted by Crippen LogP contribution is 2.41. The van der Waals surface area contributed by atoms with E-state index in [1.165, 1.54) is 12.8 Å². The smallest absolute Gasteiger partial charge is 0.289 e. The quantitative estimate of drug-likeness (QED) is 0.784. The van der Waals surface area contributed by atoms with E-state index < -0.39 is 0 Å². The van der Waals surface area contributed by atoms with Gasteiger partial charge >= 0.3 is 0 Å². The summed E-state index contributed by atoms with van der Waals surface area (Å²) in [6.45, 7) is 2.99. The number of aromatic nitrogens is 2. The summed E-state index contributed by atoms with van der Waals surface area (Å²) in [5.74, 6) is 0.537. The van der Waals surface area contributed by atoms with Crippen LogP contribution >= 0.6 is 0 Å². The predicted molar refractivity (Wildman–Crippen MR) is 56.4 cm³/mol. The van der Waals surface area contributed by atoms with E-state index in [0.29, 0.717) is 11.6 Å².